The van der Waals surface area contributed by atoms with Crippen molar-refractivity contribution in [1.82, 2.24) is 33.6 Å². The van der Waals surface area contributed by atoms with Crippen LogP contribution in [0.3, 0.4) is 0 Å². The van der Waals surface area contributed by atoms with Crippen LogP contribution in [0.25, 0.3) is 128 Å². The van der Waals surface area contributed by atoms with E-state index in [-0.39, 0.29) is 0 Å². The van der Waals surface area contributed by atoms with Gasteiger partial charge in [-0.2, -0.15) is 0 Å². The number of hydrogen-bond donors (Lipinski definition) is 0. The molecule has 0 N–H and O–H groups in total. The van der Waals surface area contributed by atoms with Crippen LogP contribution in [0, 0.1) is 0 Å². The number of benzene rings is 7. The highest BCUT2D eigenvalue weighted by atomic mass is 15.1. The highest BCUT2D eigenvalue weighted by molar-refractivity contribution is 6.12. The normalized spacial score (nSPS) is 11.8. The topological polar surface area (TPSA) is 66.3 Å². The molecule has 0 radical (unpaired) electrons. The second-order valence-corrected chi connectivity index (χ2v) is 17.5. The molecule has 7 aromatic heterocycles. The van der Waals surface area contributed by atoms with Gasteiger partial charge in [-0.15, -0.1) is 0 Å². The third-order valence-corrected chi connectivity index (χ3v) is 13.5. The molecule has 7 aromatic carbocycles. The van der Waals surface area contributed by atoms with Crippen molar-refractivity contribution in [3.8, 4) is 62.6 Å². The van der Waals surface area contributed by atoms with Gasteiger partial charge in [-0.3, -0.25) is 9.13 Å². The SMILES string of the molecule is c1ccc(-c2cccc(-c3cc(-c4cccc(-n5c6ccccc6c6ccccc65)n4)nc(-c4cccc(-n5c6ccccc6c6cc(-n7c8ccccc8c8ccccc87)ccc65)n4)c3)n2)cc1. The Labute approximate surface area is 396 Å². The first-order valence-corrected chi connectivity index (χ1v) is 23.2. The Morgan fingerprint density at radius 2 is 0.594 bits per heavy atom. The van der Waals surface area contributed by atoms with E-state index in [1.807, 2.05) is 30.3 Å². The lowest BCUT2D eigenvalue weighted by Gasteiger charge is -2.13. The van der Waals surface area contributed by atoms with Crippen molar-refractivity contribution in [2.45, 2.75) is 0 Å². The van der Waals surface area contributed by atoms with E-state index < -0.39 is 0 Å². The van der Waals surface area contributed by atoms with E-state index in [0.29, 0.717) is 0 Å². The Bertz CT molecular complexity index is 4220. The van der Waals surface area contributed by atoms with Crippen LogP contribution in [0.1, 0.15) is 0 Å². The second kappa shape index (κ2) is 15.6. The van der Waals surface area contributed by atoms with Crippen molar-refractivity contribution >= 4 is 65.4 Å². The van der Waals surface area contributed by atoms with Crippen molar-refractivity contribution in [2.75, 3.05) is 0 Å². The summed E-state index contributed by atoms with van der Waals surface area (Å²) in [7, 11) is 0. The zero-order valence-corrected chi connectivity index (χ0v) is 37.1. The van der Waals surface area contributed by atoms with Gasteiger partial charge in [0.05, 0.1) is 67.3 Å². The smallest absolute Gasteiger partial charge is 0.138 e. The van der Waals surface area contributed by atoms with Crippen LogP contribution in [-0.4, -0.2) is 33.6 Å². The van der Waals surface area contributed by atoms with Crippen molar-refractivity contribution in [2.24, 2.45) is 0 Å². The Balaban J connectivity index is 0.935. The van der Waals surface area contributed by atoms with Gasteiger partial charge in [-0.25, -0.2) is 19.9 Å². The van der Waals surface area contributed by atoms with Crippen LogP contribution in [0.4, 0.5) is 0 Å². The van der Waals surface area contributed by atoms with E-state index in [1.165, 1.54) is 32.6 Å². The van der Waals surface area contributed by atoms with Gasteiger partial charge in [0.1, 0.15) is 11.6 Å². The molecular weight excluding hydrogens is 843 g/mol. The van der Waals surface area contributed by atoms with Crippen molar-refractivity contribution < 1.29 is 0 Å². The average molecular weight is 882 g/mol. The monoisotopic (exact) mass is 881 g/mol. The minimum atomic E-state index is 0.717. The van der Waals surface area contributed by atoms with Crippen LogP contribution >= 0.6 is 0 Å². The largest absolute Gasteiger partial charge is 0.309 e. The maximum Gasteiger partial charge on any atom is 0.138 e. The first-order valence-electron chi connectivity index (χ1n) is 23.2. The molecule has 0 fully saturated rings. The van der Waals surface area contributed by atoms with Crippen LogP contribution in [0.5, 0.6) is 0 Å². The second-order valence-electron chi connectivity index (χ2n) is 17.5. The van der Waals surface area contributed by atoms with Gasteiger partial charge < -0.3 is 4.57 Å². The van der Waals surface area contributed by atoms with Crippen LogP contribution in [0.15, 0.2) is 237 Å². The van der Waals surface area contributed by atoms with E-state index in [1.54, 1.807) is 0 Å². The number of para-hydroxylation sites is 5. The van der Waals surface area contributed by atoms with Crippen molar-refractivity contribution in [1.29, 1.82) is 0 Å². The summed E-state index contributed by atoms with van der Waals surface area (Å²) < 4.78 is 6.89. The molecule has 0 aliphatic carbocycles. The van der Waals surface area contributed by atoms with Gasteiger partial charge in [0.15, 0.2) is 0 Å². The van der Waals surface area contributed by atoms with Gasteiger partial charge >= 0.3 is 0 Å². The van der Waals surface area contributed by atoms with E-state index >= 15 is 0 Å². The zero-order chi connectivity index (χ0) is 45.4. The summed E-state index contributed by atoms with van der Waals surface area (Å²) >= 11 is 0. The predicted octanol–water partition coefficient (Wildman–Crippen LogP) is 15.2. The number of hydrogen-bond acceptors (Lipinski definition) is 4. The van der Waals surface area contributed by atoms with Crippen molar-refractivity contribution in [3.05, 3.63) is 237 Å². The van der Waals surface area contributed by atoms with Crippen molar-refractivity contribution in [3.63, 3.8) is 0 Å². The third-order valence-electron chi connectivity index (χ3n) is 13.5. The first kappa shape index (κ1) is 38.8. The molecule has 0 aliphatic rings. The maximum absolute atomic E-state index is 5.45. The lowest BCUT2D eigenvalue weighted by molar-refractivity contribution is 1.07. The molecule has 0 unspecified atom stereocenters. The summed E-state index contributed by atoms with van der Waals surface area (Å²) in [5, 5.41) is 7.16. The summed E-state index contributed by atoms with van der Waals surface area (Å²) in [4.78, 5) is 21.4. The number of pyridine rings is 4. The third kappa shape index (κ3) is 6.29. The zero-order valence-electron chi connectivity index (χ0n) is 37.1. The Morgan fingerprint density at radius 3 is 1.10 bits per heavy atom. The van der Waals surface area contributed by atoms with Crippen LogP contribution < -0.4 is 0 Å². The molecule has 14 rings (SSSR count). The minimum Gasteiger partial charge on any atom is -0.309 e. The molecule has 0 amide bonds. The van der Waals surface area contributed by atoms with E-state index in [4.69, 9.17) is 19.9 Å². The molecule has 0 bridgehead atoms. The molecule has 14 aromatic rings. The molecule has 69 heavy (non-hydrogen) atoms. The molecule has 322 valence electrons. The van der Waals surface area contributed by atoms with Gasteiger partial charge in [0.25, 0.3) is 0 Å². The van der Waals surface area contributed by atoms with Gasteiger partial charge in [0, 0.05) is 49.1 Å². The molecule has 0 saturated carbocycles. The van der Waals surface area contributed by atoms with E-state index in [2.05, 4.69) is 220 Å². The fraction of sp³-hybridized carbons (Fsp3) is 0. The summed E-state index contributed by atoms with van der Waals surface area (Å²) in [5.74, 6) is 1.61. The fourth-order valence-electron chi connectivity index (χ4n) is 10.4. The van der Waals surface area contributed by atoms with Gasteiger partial charge in [0.2, 0.25) is 0 Å². The fourth-order valence-corrected chi connectivity index (χ4v) is 10.4. The standard InChI is InChI=1S/C62H39N7/c1-2-17-40(18-3-1)49-24-14-25-50(63-49)41-37-53(51-26-15-33-61(65-51)68-57-30-11-6-21-45(57)46-22-7-12-31-58(46)68)64-54(38-41)52-27-16-34-62(66-52)69-59-32-13-8-23-47(59)48-39-42(35-36-60(48)69)67-55-28-9-4-19-43(55)44-20-5-10-29-56(44)67/h1-39H. The summed E-state index contributed by atoms with van der Waals surface area (Å²) in [6.45, 7) is 0. The molecule has 7 heterocycles. The van der Waals surface area contributed by atoms with Crippen LogP contribution in [0.2, 0.25) is 0 Å². The van der Waals surface area contributed by atoms with Gasteiger partial charge in [-0.1, -0.05) is 140 Å². The van der Waals surface area contributed by atoms with Crippen LogP contribution in [-0.2, 0) is 0 Å². The maximum atomic E-state index is 5.45. The Kier molecular flexibility index (Phi) is 8.75. The number of aromatic nitrogens is 7. The van der Waals surface area contributed by atoms with E-state index in [0.717, 1.165) is 95.5 Å². The minimum absolute atomic E-state index is 0.717. The summed E-state index contributed by atoms with van der Waals surface area (Å²) in [5.41, 5.74) is 14.4. The average Bonchev–Trinajstić information content (AvgIpc) is 4.07. The highest BCUT2D eigenvalue weighted by Gasteiger charge is 2.20. The summed E-state index contributed by atoms with van der Waals surface area (Å²) in [6.07, 6.45) is 0. The molecule has 0 saturated heterocycles. The summed E-state index contributed by atoms with van der Waals surface area (Å²) in [6, 6.07) is 82.8. The number of nitrogens with zero attached hydrogens (tertiary/aromatic N) is 7. The highest BCUT2D eigenvalue weighted by Crippen LogP contribution is 2.38. The number of fused-ring (bicyclic) bond motifs is 9. The molecule has 7 nitrogen and oxygen atoms in total. The Morgan fingerprint density at radius 1 is 0.217 bits per heavy atom. The Hall–Kier alpha value is -9.46. The molecule has 0 spiro atoms. The lowest BCUT2D eigenvalue weighted by Crippen LogP contribution is -2.01. The molecule has 0 atom stereocenters. The number of rotatable bonds is 7. The van der Waals surface area contributed by atoms with Gasteiger partial charge in [-0.05, 0) is 97.1 Å². The molecule has 0 aliphatic heterocycles. The molecule has 7 heteroatoms. The first-order chi connectivity index (χ1) is 34.2. The van der Waals surface area contributed by atoms with E-state index in [9.17, 15) is 0 Å². The lowest BCUT2D eigenvalue weighted by atomic mass is 10.1. The quantitative estimate of drug-likeness (QED) is 0.160. The predicted molar refractivity (Wildman–Crippen MR) is 282 cm³/mol. The molecular formula is C62H39N7.